The zero-order chi connectivity index (χ0) is 11.1. The Morgan fingerprint density at radius 2 is 2.33 bits per heavy atom. The number of hydrogen-bond acceptors (Lipinski definition) is 3. The van der Waals surface area contributed by atoms with Crippen molar-refractivity contribution in [3.05, 3.63) is 0 Å². The maximum Gasteiger partial charge on any atom is 0.343 e. The Morgan fingerprint density at radius 3 is 2.87 bits per heavy atom. The van der Waals surface area contributed by atoms with Crippen LogP contribution in [0.15, 0.2) is 0 Å². The van der Waals surface area contributed by atoms with Crippen molar-refractivity contribution in [2.45, 2.75) is 31.5 Å². The summed E-state index contributed by atoms with van der Waals surface area (Å²) in [5.74, 6) is -1.38. The van der Waals surface area contributed by atoms with Crippen LogP contribution in [0.5, 0.6) is 0 Å². The fraction of sp³-hybridized carbons (Fsp3) is 0.900. The second-order valence-corrected chi connectivity index (χ2v) is 4.63. The summed E-state index contributed by atoms with van der Waals surface area (Å²) in [5, 5.41) is 11.8. The van der Waals surface area contributed by atoms with Crippen LogP contribution in [0.1, 0.15) is 19.8 Å². The van der Waals surface area contributed by atoms with Crippen molar-refractivity contribution in [3.8, 4) is 0 Å². The summed E-state index contributed by atoms with van der Waals surface area (Å²) in [6.07, 6.45) is 1.35. The molecule has 0 aliphatic carbocycles. The van der Waals surface area contributed by atoms with E-state index >= 15 is 0 Å². The van der Waals surface area contributed by atoms with E-state index in [0.29, 0.717) is 13.2 Å². The number of halogens is 1. The van der Waals surface area contributed by atoms with E-state index in [9.17, 15) is 9.18 Å². The van der Waals surface area contributed by atoms with Gasteiger partial charge in [-0.05, 0) is 12.8 Å². The van der Waals surface area contributed by atoms with Crippen LogP contribution < -0.4 is 5.32 Å². The number of aliphatic carboxylic acids is 1. The maximum atomic E-state index is 14.4. The van der Waals surface area contributed by atoms with Gasteiger partial charge in [-0.2, -0.15) is 0 Å². The Labute approximate surface area is 87.8 Å². The number of carbonyl (C=O) groups is 1. The fourth-order valence-corrected chi connectivity index (χ4v) is 2.61. The highest BCUT2D eigenvalue weighted by Gasteiger charge is 2.62. The molecule has 15 heavy (non-hydrogen) atoms. The summed E-state index contributed by atoms with van der Waals surface area (Å²) in [7, 11) is 0. The first-order valence-electron chi connectivity index (χ1n) is 5.25. The molecule has 5 heteroatoms. The molecule has 0 saturated carbocycles. The molecule has 2 saturated heterocycles. The largest absolute Gasteiger partial charge is 0.479 e. The lowest BCUT2D eigenvalue weighted by Crippen LogP contribution is -2.54. The maximum absolute atomic E-state index is 14.4. The highest BCUT2D eigenvalue weighted by molar-refractivity contribution is 5.79. The fourth-order valence-electron chi connectivity index (χ4n) is 2.61. The van der Waals surface area contributed by atoms with E-state index < -0.39 is 17.1 Å². The molecule has 0 amide bonds. The molecule has 2 rings (SSSR count). The minimum Gasteiger partial charge on any atom is -0.479 e. The average Bonchev–Trinajstić information content (AvgIpc) is 2.76. The van der Waals surface area contributed by atoms with Gasteiger partial charge in [0.05, 0.1) is 11.5 Å². The van der Waals surface area contributed by atoms with Gasteiger partial charge in [-0.1, -0.05) is 6.92 Å². The molecule has 0 aromatic heterocycles. The van der Waals surface area contributed by atoms with E-state index in [1.54, 1.807) is 6.92 Å². The van der Waals surface area contributed by atoms with Gasteiger partial charge in [0.1, 0.15) is 0 Å². The Bertz CT molecular complexity index is 280. The topological polar surface area (TPSA) is 58.6 Å². The third-order valence-corrected chi connectivity index (χ3v) is 3.75. The second-order valence-electron chi connectivity index (χ2n) is 4.63. The molecule has 3 unspecified atom stereocenters. The van der Waals surface area contributed by atoms with Gasteiger partial charge in [0.15, 0.2) is 0 Å². The lowest BCUT2D eigenvalue weighted by atomic mass is 9.72. The molecule has 4 nitrogen and oxygen atoms in total. The number of carboxylic acids is 1. The normalized spacial score (nSPS) is 45.9. The van der Waals surface area contributed by atoms with Crippen molar-refractivity contribution >= 4 is 5.97 Å². The zero-order valence-corrected chi connectivity index (χ0v) is 8.75. The first-order valence-corrected chi connectivity index (χ1v) is 5.25. The van der Waals surface area contributed by atoms with Crippen LogP contribution in [-0.4, -0.2) is 42.5 Å². The minimum atomic E-state index is -2.21. The second kappa shape index (κ2) is 3.42. The molecular formula is C10H16FNO3. The molecule has 0 aromatic carbocycles. The number of rotatable bonds is 2. The molecule has 2 heterocycles. The third kappa shape index (κ3) is 1.37. The van der Waals surface area contributed by atoms with Crippen molar-refractivity contribution in [1.29, 1.82) is 0 Å². The van der Waals surface area contributed by atoms with E-state index in [2.05, 4.69) is 5.32 Å². The summed E-state index contributed by atoms with van der Waals surface area (Å²) in [5.41, 5.74) is -3.16. The molecular weight excluding hydrogens is 201 g/mol. The Balaban J connectivity index is 2.28. The first kappa shape index (κ1) is 10.8. The van der Waals surface area contributed by atoms with Gasteiger partial charge in [0, 0.05) is 19.7 Å². The zero-order valence-electron chi connectivity index (χ0n) is 8.75. The lowest BCUT2D eigenvalue weighted by molar-refractivity contribution is -0.163. The van der Waals surface area contributed by atoms with Crippen LogP contribution in [-0.2, 0) is 9.53 Å². The van der Waals surface area contributed by atoms with E-state index in [4.69, 9.17) is 9.84 Å². The van der Waals surface area contributed by atoms with Crippen LogP contribution in [0.2, 0.25) is 0 Å². The van der Waals surface area contributed by atoms with Gasteiger partial charge in [-0.3, -0.25) is 0 Å². The molecule has 2 fully saturated rings. The molecule has 3 atom stereocenters. The SMILES string of the molecule is CC1(C2CCCO2)CNCC1(F)C(=O)O. The van der Waals surface area contributed by atoms with Gasteiger partial charge in [0.2, 0.25) is 5.67 Å². The molecule has 2 aliphatic heterocycles. The molecule has 0 spiro atoms. The quantitative estimate of drug-likeness (QED) is 0.710. The van der Waals surface area contributed by atoms with Crippen LogP contribution in [0.4, 0.5) is 4.39 Å². The first-order chi connectivity index (χ1) is 7.01. The van der Waals surface area contributed by atoms with E-state index in [0.717, 1.165) is 12.8 Å². The standard InChI is InChI=1S/C10H16FNO3/c1-9(7-3-2-4-15-7)5-12-6-10(9,11)8(13)14/h7,12H,2-6H2,1H3,(H,13,14). The summed E-state index contributed by atoms with van der Waals surface area (Å²) >= 11 is 0. The predicted molar refractivity (Wildman–Crippen MR) is 51.4 cm³/mol. The van der Waals surface area contributed by atoms with E-state index in [1.165, 1.54) is 0 Å². The minimum absolute atomic E-state index is 0.126. The number of alkyl halides is 1. The molecule has 0 bridgehead atoms. The van der Waals surface area contributed by atoms with Gasteiger partial charge >= 0.3 is 5.97 Å². The molecule has 2 N–H and O–H groups in total. The van der Waals surface area contributed by atoms with Crippen LogP contribution in [0.3, 0.4) is 0 Å². The van der Waals surface area contributed by atoms with Gasteiger partial charge in [-0.15, -0.1) is 0 Å². The Morgan fingerprint density at radius 1 is 1.60 bits per heavy atom. The van der Waals surface area contributed by atoms with Crippen LogP contribution in [0.25, 0.3) is 0 Å². The Kier molecular flexibility index (Phi) is 2.47. The van der Waals surface area contributed by atoms with Crippen LogP contribution in [0, 0.1) is 5.41 Å². The smallest absolute Gasteiger partial charge is 0.343 e. The van der Waals surface area contributed by atoms with E-state index in [-0.39, 0.29) is 12.6 Å². The highest BCUT2D eigenvalue weighted by atomic mass is 19.1. The lowest BCUT2D eigenvalue weighted by Gasteiger charge is -2.37. The van der Waals surface area contributed by atoms with Crippen molar-refractivity contribution < 1.29 is 19.0 Å². The highest BCUT2D eigenvalue weighted by Crippen LogP contribution is 2.45. The van der Waals surface area contributed by atoms with Crippen molar-refractivity contribution in [2.24, 2.45) is 5.41 Å². The van der Waals surface area contributed by atoms with Crippen molar-refractivity contribution in [2.75, 3.05) is 19.7 Å². The number of carboxylic acid groups (broad SMARTS) is 1. The van der Waals surface area contributed by atoms with Gasteiger partial charge in [-0.25, -0.2) is 9.18 Å². The van der Waals surface area contributed by atoms with Gasteiger partial charge in [0.25, 0.3) is 0 Å². The average molecular weight is 217 g/mol. The monoisotopic (exact) mass is 217 g/mol. The number of ether oxygens (including phenoxy) is 1. The van der Waals surface area contributed by atoms with Crippen molar-refractivity contribution in [1.82, 2.24) is 5.32 Å². The summed E-state index contributed by atoms with van der Waals surface area (Å²) in [6, 6.07) is 0. The number of hydrogen-bond donors (Lipinski definition) is 2. The third-order valence-electron chi connectivity index (χ3n) is 3.75. The Hall–Kier alpha value is -0.680. The summed E-state index contributed by atoms with van der Waals surface area (Å²) in [6.45, 7) is 2.51. The molecule has 0 radical (unpaired) electrons. The van der Waals surface area contributed by atoms with Gasteiger partial charge < -0.3 is 15.2 Å². The van der Waals surface area contributed by atoms with Crippen LogP contribution >= 0.6 is 0 Å². The molecule has 86 valence electrons. The molecule has 2 aliphatic rings. The van der Waals surface area contributed by atoms with Crippen molar-refractivity contribution in [3.63, 3.8) is 0 Å². The van der Waals surface area contributed by atoms with E-state index in [1.807, 2.05) is 0 Å². The predicted octanol–water partition coefficient (Wildman–Crippen LogP) is 0.568. The number of nitrogens with one attached hydrogen (secondary N) is 1. The molecule has 0 aromatic rings. The summed E-state index contributed by atoms with van der Waals surface area (Å²) < 4.78 is 19.8. The summed E-state index contributed by atoms with van der Waals surface area (Å²) in [4.78, 5) is 11.0.